The molecule has 0 radical (unpaired) electrons. The van der Waals surface area contributed by atoms with Crippen molar-refractivity contribution in [2.45, 2.75) is 6.92 Å². The number of rotatable bonds is 2. The largest absolute Gasteiger partial charge is 0.351 e. The average molecular weight is 191 g/mol. The van der Waals surface area contributed by atoms with Crippen LogP contribution in [0.4, 0.5) is 0 Å². The van der Waals surface area contributed by atoms with E-state index in [4.69, 9.17) is 4.74 Å². The maximum Gasteiger partial charge on any atom is 0.103 e. The van der Waals surface area contributed by atoms with E-state index < -0.39 is 0 Å². The lowest BCUT2D eigenvalue weighted by molar-refractivity contribution is -0.140. The summed E-state index contributed by atoms with van der Waals surface area (Å²) < 4.78 is 4.85. The standard InChI is InChI=1S/C8H8.C4H9NO/c1-2-8-6-4-3-5-7-8;1-2-5-3-6-4-5/h2-7H,1H2;2-4H2,1H3. The van der Waals surface area contributed by atoms with Gasteiger partial charge in [0.1, 0.15) is 13.5 Å². The minimum absolute atomic E-state index is 0.844. The zero-order chi connectivity index (χ0) is 10.2. The van der Waals surface area contributed by atoms with E-state index in [0.717, 1.165) is 20.0 Å². The van der Waals surface area contributed by atoms with Crippen molar-refractivity contribution in [3.8, 4) is 0 Å². The van der Waals surface area contributed by atoms with Crippen LogP contribution >= 0.6 is 0 Å². The maximum atomic E-state index is 4.85. The van der Waals surface area contributed by atoms with Crippen LogP contribution in [0.15, 0.2) is 36.9 Å². The molecular formula is C12H17NO. The molecule has 0 N–H and O–H groups in total. The Morgan fingerprint density at radius 2 is 2.00 bits per heavy atom. The third-order valence-electron chi connectivity index (χ3n) is 2.03. The molecule has 2 rings (SSSR count). The van der Waals surface area contributed by atoms with E-state index in [-0.39, 0.29) is 0 Å². The molecule has 14 heavy (non-hydrogen) atoms. The molecular weight excluding hydrogens is 174 g/mol. The van der Waals surface area contributed by atoms with E-state index in [9.17, 15) is 0 Å². The van der Waals surface area contributed by atoms with Crippen molar-refractivity contribution >= 4 is 6.08 Å². The van der Waals surface area contributed by atoms with Gasteiger partial charge in [-0.1, -0.05) is 49.9 Å². The van der Waals surface area contributed by atoms with Crippen LogP contribution in [0.5, 0.6) is 0 Å². The van der Waals surface area contributed by atoms with Crippen LogP contribution in [0.3, 0.4) is 0 Å². The molecule has 0 spiro atoms. The Morgan fingerprint density at radius 1 is 1.36 bits per heavy atom. The summed E-state index contributed by atoms with van der Waals surface area (Å²) in [5.74, 6) is 0. The van der Waals surface area contributed by atoms with Crippen molar-refractivity contribution in [2.24, 2.45) is 0 Å². The van der Waals surface area contributed by atoms with E-state index in [1.807, 2.05) is 36.4 Å². The van der Waals surface area contributed by atoms with Crippen molar-refractivity contribution in [3.05, 3.63) is 42.5 Å². The van der Waals surface area contributed by atoms with Gasteiger partial charge >= 0.3 is 0 Å². The topological polar surface area (TPSA) is 12.5 Å². The third-order valence-corrected chi connectivity index (χ3v) is 2.03. The zero-order valence-electron chi connectivity index (χ0n) is 8.65. The Bertz CT molecular complexity index is 252. The lowest BCUT2D eigenvalue weighted by atomic mass is 10.2. The fraction of sp³-hybridized carbons (Fsp3) is 0.333. The van der Waals surface area contributed by atoms with Crippen LogP contribution < -0.4 is 0 Å². The summed E-state index contributed by atoms with van der Waals surface area (Å²) in [4.78, 5) is 2.21. The second-order valence-electron chi connectivity index (χ2n) is 3.06. The first kappa shape index (κ1) is 11.0. The van der Waals surface area contributed by atoms with Crippen molar-refractivity contribution in [1.82, 2.24) is 4.90 Å². The van der Waals surface area contributed by atoms with E-state index in [0.29, 0.717) is 0 Å². The molecule has 2 nitrogen and oxygen atoms in total. The molecule has 0 unspecified atom stereocenters. The van der Waals surface area contributed by atoms with Gasteiger partial charge in [-0.25, -0.2) is 0 Å². The molecule has 76 valence electrons. The second kappa shape index (κ2) is 6.35. The van der Waals surface area contributed by atoms with Crippen LogP contribution in [0, 0.1) is 0 Å². The Labute approximate surface area is 85.8 Å². The summed E-state index contributed by atoms with van der Waals surface area (Å²) in [5, 5.41) is 0. The summed E-state index contributed by atoms with van der Waals surface area (Å²) in [6.45, 7) is 8.57. The predicted molar refractivity (Wildman–Crippen MR) is 59.7 cm³/mol. The zero-order valence-corrected chi connectivity index (χ0v) is 8.65. The maximum absolute atomic E-state index is 4.85. The first-order valence-corrected chi connectivity index (χ1v) is 4.84. The summed E-state index contributed by atoms with van der Waals surface area (Å²) in [6, 6.07) is 10.0. The molecule has 1 aliphatic rings. The fourth-order valence-electron chi connectivity index (χ4n) is 0.992. The van der Waals surface area contributed by atoms with Gasteiger partial charge in [0.2, 0.25) is 0 Å². The van der Waals surface area contributed by atoms with Crippen LogP contribution in [-0.2, 0) is 4.74 Å². The molecule has 0 atom stereocenters. The van der Waals surface area contributed by atoms with Crippen LogP contribution in [0.25, 0.3) is 6.08 Å². The molecule has 1 aliphatic heterocycles. The molecule has 2 heteroatoms. The Kier molecular flexibility index (Phi) is 4.97. The smallest absolute Gasteiger partial charge is 0.103 e. The molecule has 0 amide bonds. The first-order valence-electron chi connectivity index (χ1n) is 4.84. The third kappa shape index (κ3) is 3.73. The van der Waals surface area contributed by atoms with Gasteiger partial charge in [-0.2, -0.15) is 0 Å². The highest BCUT2D eigenvalue weighted by atomic mass is 16.5. The van der Waals surface area contributed by atoms with Crippen LogP contribution in [0.2, 0.25) is 0 Å². The molecule has 1 fully saturated rings. The van der Waals surface area contributed by atoms with Gasteiger partial charge in [-0.3, -0.25) is 4.90 Å². The van der Waals surface area contributed by atoms with Crippen LogP contribution in [-0.4, -0.2) is 24.9 Å². The van der Waals surface area contributed by atoms with Gasteiger partial charge in [0.15, 0.2) is 0 Å². The molecule has 1 heterocycles. The predicted octanol–water partition coefficient (Wildman–Crippen LogP) is 2.58. The second-order valence-corrected chi connectivity index (χ2v) is 3.06. The minimum atomic E-state index is 0.844. The highest BCUT2D eigenvalue weighted by Crippen LogP contribution is 1.98. The van der Waals surface area contributed by atoms with Gasteiger partial charge in [0.25, 0.3) is 0 Å². The summed E-state index contributed by atoms with van der Waals surface area (Å²) in [7, 11) is 0. The van der Waals surface area contributed by atoms with Crippen molar-refractivity contribution in [1.29, 1.82) is 0 Å². The number of benzene rings is 1. The van der Waals surface area contributed by atoms with Gasteiger partial charge in [-0.05, 0) is 12.1 Å². The molecule has 1 saturated heterocycles. The molecule has 1 aromatic carbocycles. The lowest BCUT2D eigenvalue weighted by Gasteiger charge is -2.28. The Hall–Kier alpha value is -1.12. The molecule has 0 saturated carbocycles. The Morgan fingerprint density at radius 3 is 2.21 bits per heavy atom. The lowest BCUT2D eigenvalue weighted by Crippen LogP contribution is -2.39. The van der Waals surface area contributed by atoms with Crippen molar-refractivity contribution in [2.75, 3.05) is 20.0 Å². The van der Waals surface area contributed by atoms with Gasteiger partial charge in [-0.15, -0.1) is 0 Å². The highest BCUT2D eigenvalue weighted by molar-refractivity contribution is 5.45. The normalized spacial score (nSPS) is 14.9. The van der Waals surface area contributed by atoms with Crippen molar-refractivity contribution < 1.29 is 4.74 Å². The summed E-state index contributed by atoms with van der Waals surface area (Å²) in [6.07, 6.45) is 1.83. The van der Waals surface area contributed by atoms with Gasteiger partial charge in [0.05, 0.1) is 0 Å². The number of nitrogens with zero attached hydrogens (tertiary/aromatic N) is 1. The first-order chi connectivity index (χ1) is 6.86. The number of ether oxygens (including phenoxy) is 1. The van der Waals surface area contributed by atoms with Gasteiger partial charge < -0.3 is 4.74 Å². The van der Waals surface area contributed by atoms with Gasteiger partial charge in [0, 0.05) is 0 Å². The SMILES string of the molecule is C=Cc1ccccc1.CCN1COC1. The van der Waals surface area contributed by atoms with Crippen LogP contribution in [0.1, 0.15) is 12.5 Å². The van der Waals surface area contributed by atoms with E-state index >= 15 is 0 Å². The van der Waals surface area contributed by atoms with E-state index in [1.165, 1.54) is 5.56 Å². The highest BCUT2D eigenvalue weighted by Gasteiger charge is 2.09. The average Bonchev–Trinajstić information content (AvgIpc) is 2.18. The minimum Gasteiger partial charge on any atom is -0.351 e. The molecule has 0 bridgehead atoms. The van der Waals surface area contributed by atoms with E-state index in [2.05, 4.69) is 18.4 Å². The quantitative estimate of drug-likeness (QED) is 0.712. The fourth-order valence-corrected chi connectivity index (χ4v) is 0.992. The summed E-state index contributed by atoms with van der Waals surface area (Å²) >= 11 is 0. The summed E-state index contributed by atoms with van der Waals surface area (Å²) in [5.41, 5.74) is 1.17. The van der Waals surface area contributed by atoms with Crippen molar-refractivity contribution in [3.63, 3.8) is 0 Å². The number of hydrogen-bond donors (Lipinski definition) is 0. The monoisotopic (exact) mass is 191 g/mol. The number of hydrogen-bond acceptors (Lipinski definition) is 2. The molecule has 1 aromatic rings. The Balaban J connectivity index is 0.000000146. The molecule has 0 aromatic heterocycles. The molecule has 0 aliphatic carbocycles. The van der Waals surface area contributed by atoms with E-state index in [1.54, 1.807) is 0 Å².